The van der Waals surface area contributed by atoms with Crippen molar-refractivity contribution >= 4 is 58.8 Å². The fourth-order valence-corrected chi connectivity index (χ4v) is 17.0. The Morgan fingerprint density at radius 1 is 0.439 bits per heavy atom. The van der Waals surface area contributed by atoms with E-state index in [1.165, 1.54) is 20.7 Å². The molecule has 0 aliphatic rings. The van der Waals surface area contributed by atoms with E-state index in [1.807, 2.05) is 0 Å². The predicted octanol–water partition coefficient (Wildman–Crippen LogP) is 0.543. The van der Waals surface area contributed by atoms with Crippen molar-refractivity contribution < 1.29 is 4.74 Å². The van der Waals surface area contributed by atoms with Crippen LogP contribution in [0.25, 0.3) is 0 Å². The molecule has 0 aromatic heterocycles. The Labute approximate surface area is 256 Å². The first-order valence-electron chi connectivity index (χ1n) is 14.9. The topological polar surface area (TPSA) is 61.3 Å². The van der Waals surface area contributed by atoms with Crippen molar-refractivity contribution in [1.29, 1.82) is 0 Å². The van der Waals surface area contributed by atoms with Crippen LogP contribution in [0.1, 0.15) is 40.5 Å². The Kier molecular flexibility index (Phi) is 10.6. The van der Waals surface area contributed by atoms with Crippen LogP contribution < -0.4 is 32.2 Å². The fraction of sp³-hybridized carbons (Fsp3) is 0.294. The summed E-state index contributed by atoms with van der Waals surface area (Å²) < 4.78 is 7.59. The highest BCUT2D eigenvalue weighted by Gasteiger charge is 2.43. The second-order valence-corrected chi connectivity index (χ2v) is 24.2. The third-order valence-electron chi connectivity index (χ3n) is 7.79. The molecule has 0 amide bonds. The van der Waals surface area contributed by atoms with E-state index in [0.717, 1.165) is 12.8 Å². The highest BCUT2D eigenvalue weighted by Crippen LogP contribution is 2.31. The second-order valence-electron chi connectivity index (χ2n) is 13.3. The molecule has 4 N–H and O–H groups in total. The molecule has 0 heterocycles. The molecule has 4 unspecified atom stereocenters. The molecule has 41 heavy (non-hydrogen) atoms. The first-order valence-corrected chi connectivity index (χ1v) is 20.5. The van der Waals surface area contributed by atoms with Crippen molar-refractivity contribution in [2.45, 2.75) is 61.3 Å². The zero-order chi connectivity index (χ0) is 29.4. The molecule has 0 bridgehead atoms. The van der Waals surface area contributed by atoms with Crippen molar-refractivity contribution in [3.8, 4) is 0 Å². The molecule has 0 radical (unpaired) electrons. The molecule has 0 saturated heterocycles. The lowest BCUT2D eigenvalue weighted by molar-refractivity contribution is -0.0668. The monoisotopic (exact) mass is 612 g/mol. The molecule has 7 heteroatoms. The van der Waals surface area contributed by atoms with Gasteiger partial charge in [0.25, 0.3) is 0 Å². The van der Waals surface area contributed by atoms with Gasteiger partial charge in [0.2, 0.25) is 0 Å². The molecule has 0 spiro atoms. The van der Waals surface area contributed by atoms with Crippen LogP contribution in [0.3, 0.4) is 0 Å². The number of hydrogen-bond donors (Lipinski definition) is 2. The molecule has 3 nitrogen and oxygen atoms in total. The van der Waals surface area contributed by atoms with E-state index in [4.69, 9.17) is 16.2 Å². The van der Waals surface area contributed by atoms with Crippen LogP contribution in [0.5, 0.6) is 0 Å². The number of hydrogen-bond acceptors (Lipinski definition) is 3. The number of benzene rings is 4. The van der Waals surface area contributed by atoms with Crippen LogP contribution in [-0.4, -0.2) is 58.9 Å². The van der Waals surface area contributed by atoms with Gasteiger partial charge in [0.15, 0.2) is 0 Å². The average molecular weight is 613 g/mol. The van der Waals surface area contributed by atoms with E-state index in [0.29, 0.717) is 0 Å². The van der Waals surface area contributed by atoms with Gasteiger partial charge in [-0.05, 0) is 26.7 Å². The van der Waals surface area contributed by atoms with Gasteiger partial charge in [-0.15, -0.1) is 0 Å². The molecule has 0 fully saturated rings. The van der Waals surface area contributed by atoms with E-state index in [-0.39, 0.29) is 20.8 Å². The van der Waals surface area contributed by atoms with Crippen molar-refractivity contribution in [2.24, 2.45) is 11.5 Å². The maximum atomic E-state index is 7.59. The van der Waals surface area contributed by atoms with Crippen LogP contribution in [0.4, 0.5) is 0 Å². The normalized spacial score (nSPS) is 18.7. The summed E-state index contributed by atoms with van der Waals surface area (Å²) in [5.74, 6) is 0. The van der Waals surface area contributed by atoms with E-state index < -0.39 is 38.1 Å². The van der Waals surface area contributed by atoms with Crippen LogP contribution in [-0.2, 0) is 4.74 Å². The van der Waals surface area contributed by atoms with Crippen LogP contribution in [0.15, 0.2) is 121 Å². The fourth-order valence-electron chi connectivity index (χ4n) is 6.88. The number of rotatable bonds is 14. The molecule has 0 aliphatic heterocycles. The van der Waals surface area contributed by atoms with Gasteiger partial charge >= 0.3 is 0 Å². The molecular formula is C34H48N2OSi4. The highest BCUT2D eigenvalue weighted by molar-refractivity contribution is 6.60. The molecule has 4 atom stereocenters. The summed E-state index contributed by atoms with van der Waals surface area (Å²) in [6.45, 7) is 9.23. The summed E-state index contributed by atoms with van der Waals surface area (Å²) >= 11 is 0. The lowest BCUT2D eigenvalue weighted by Gasteiger charge is -2.47. The SMILES string of the molecule is CC(N)(CC(C)(OC(C)(CC(C)(N)[SiH2]c1ccccc1)[SiH2]c1ccccc1)[SiH2]c1ccccc1)[SiH2]c1ccccc1. The number of nitrogens with two attached hydrogens (primary N) is 2. The summed E-state index contributed by atoms with van der Waals surface area (Å²) in [5, 5.41) is 4.53. The van der Waals surface area contributed by atoms with Crippen molar-refractivity contribution in [3.05, 3.63) is 121 Å². The Morgan fingerprint density at radius 2 is 0.683 bits per heavy atom. The zero-order valence-corrected chi connectivity index (χ0v) is 31.0. The van der Waals surface area contributed by atoms with E-state index >= 15 is 0 Å². The predicted molar refractivity (Wildman–Crippen MR) is 191 cm³/mol. The molecule has 4 rings (SSSR count). The maximum Gasteiger partial charge on any atom is 0.0923 e. The largest absolute Gasteiger partial charge is 0.377 e. The minimum Gasteiger partial charge on any atom is -0.377 e. The first-order chi connectivity index (χ1) is 19.4. The Balaban J connectivity index is 1.66. The average Bonchev–Trinajstić information content (AvgIpc) is 2.89. The third-order valence-corrected chi connectivity index (χ3v) is 15.7. The molecule has 4 aromatic rings. The van der Waals surface area contributed by atoms with E-state index in [1.54, 1.807) is 0 Å². The quantitative estimate of drug-likeness (QED) is 0.205. The van der Waals surface area contributed by atoms with Gasteiger partial charge in [-0.25, -0.2) is 0 Å². The second kappa shape index (κ2) is 13.7. The zero-order valence-electron chi connectivity index (χ0n) is 25.4. The van der Waals surface area contributed by atoms with Crippen LogP contribution >= 0.6 is 0 Å². The smallest absolute Gasteiger partial charge is 0.0923 e. The summed E-state index contributed by atoms with van der Waals surface area (Å²) in [6, 6.07) is 43.6. The summed E-state index contributed by atoms with van der Waals surface area (Å²) in [6.07, 6.45) is 1.72. The Morgan fingerprint density at radius 3 is 0.951 bits per heavy atom. The standard InChI is InChI=1S/C34H48N2OSi4/c1-31(35,38-27-17-9-5-10-18-27)25-33(3,40-29-21-13-7-14-22-29)37-34(4,41-30-23-15-8-16-24-30)26-32(2,36)39-28-19-11-6-12-20-28/h5-24H,25-26,35-36,38-41H2,1-4H3. The minimum absolute atomic E-state index is 0.266. The molecular weight excluding hydrogens is 565 g/mol. The highest BCUT2D eigenvalue weighted by atomic mass is 28.2. The summed E-state index contributed by atoms with van der Waals surface area (Å²) in [4.78, 5) is 0. The first kappa shape index (κ1) is 31.6. The van der Waals surface area contributed by atoms with Gasteiger partial charge in [0.05, 0.1) is 48.5 Å². The summed E-state index contributed by atoms with van der Waals surface area (Å²) in [7, 11) is -3.10. The van der Waals surface area contributed by atoms with Crippen molar-refractivity contribution in [3.63, 3.8) is 0 Å². The maximum absolute atomic E-state index is 7.59. The van der Waals surface area contributed by atoms with Gasteiger partial charge in [-0.3, -0.25) is 0 Å². The number of ether oxygens (including phenoxy) is 1. The molecule has 4 aromatic carbocycles. The van der Waals surface area contributed by atoms with Crippen molar-refractivity contribution in [1.82, 2.24) is 0 Å². The van der Waals surface area contributed by atoms with Crippen LogP contribution in [0.2, 0.25) is 0 Å². The van der Waals surface area contributed by atoms with Gasteiger partial charge in [0.1, 0.15) is 0 Å². The van der Waals surface area contributed by atoms with Gasteiger partial charge < -0.3 is 16.2 Å². The van der Waals surface area contributed by atoms with Gasteiger partial charge in [-0.1, -0.05) is 156 Å². The van der Waals surface area contributed by atoms with E-state index in [9.17, 15) is 0 Å². The third kappa shape index (κ3) is 10.4. The van der Waals surface area contributed by atoms with E-state index in [2.05, 4.69) is 149 Å². The minimum atomic E-state index is -0.829. The lowest BCUT2D eigenvalue weighted by atomic mass is 10.1. The Bertz CT molecular complexity index is 1240. The lowest BCUT2D eigenvalue weighted by Crippen LogP contribution is -2.62. The van der Waals surface area contributed by atoms with Gasteiger partial charge in [0, 0.05) is 10.3 Å². The van der Waals surface area contributed by atoms with Gasteiger partial charge in [-0.2, -0.15) is 0 Å². The summed E-state index contributed by atoms with van der Waals surface area (Å²) in [5.41, 5.74) is 14.4. The molecule has 216 valence electrons. The van der Waals surface area contributed by atoms with Crippen molar-refractivity contribution in [2.75, 3.05) is 0 Å². The molecule has 0 saturated carbocycles. The van der Waals surface area contributed by atoms with Crippen LogP contribution in [0, 0.1) is 0 Å². The Hall–Kier alpha value is -2.37. The molecule has 0 aliphatic carbocycles.